The molecule has 1 heterocycles. The zero-order chi connectivity index (χ0) is 10.4. The Kier molecular flexibility index (Phi) is 4.82. The second-order valence-electron chi connectivity index (χ2n) is 3.04. The third-order valence-electron chi connectivity index (χ3n) is 1.84. The molecule has 5 heteroatoms. The van der Waals surface area contributed by atoms with Crippen LogP contribution in [-0.4, -0.2) is 28.6 Å². The lowest BCUT2D eigenvalue weighted by Crippen LogP contribution is -2.31. The molecule has 0 unspecified atom stereocenters. The molecule has 0 saturated carbocycles. The van der Waals surface area contributed by atoms with E-state index in [9.17, 15) is 0 Å². The minimum Gasteiger partial charge on any atom is -0.352 e. The van der Waals surface area contributed by atoms with Crippen molar-refractivity contribution in [2.75, 3.05) is 18.9 Å². The number of hydrogen-bond donors (Lipinski definition) is 1. The van der Waals surface area contributed by atoms with Gasteiger partial charge in [-0.15, -0.1) is 11.3 Å². The fourth-order valence-corrected chi connectivity index (χ4v) is 1.75. The van der Waals surface area contributed by atoms with Gasteiger partial charge in [0.25, 0.3) is 0 Å². The molecule has 0 radical (unpaired) electrons. The molecule has 0 aliphatic heterocycles. The molecule has 78 valence electrons. The van der Waals surface area contributed by atoms with Crippen LogP contribution in [0.15, 0.2) is 11.6 Å². The van der Waals surface area contributed by atoms with Gasteiger partial charge in [0.05, 0.1) is 0 Å². The first kappa shape index (κ1) is 11.4. The molecule has 0 spiro atoms. The van der Waals surface area contributed by atoms with Crippen LogP contribution in [0, 0.1) is 0 Å². The van der Waals surface area contributed by atoms with E-state index in [1.54, 1.807) is 17.5 Å². The van der Waals surface area contributed by atoms with Crippen LogP contribution in [-0.2, 0) is 0 Å². The summed E-state index contributed by atoms with van der Waals surface area (Å²) in [5, 5.41) is 6.63. The Labute approximate surface area is 94.1 Å². The van der Waals surface area contributed by atoms with E-state index in [2.05, 4.69) is 17.2 Å². The number of nitrogens with one attached hydrogen (secondary N) is 1. The summed E-state index contributed by atoms with van der Waals surface area (Å²) in [4.78, 5) is 6.15. The van der Waals surface area contributed by atoms with Gasteiger partial charge < -0.3 is 10.2 Å². The van der Waals surface area contributed by atoms with E-state index in [1.807, 2.05) is 17.3 Å². The average Bonchev–Trinajstić information content (AvgIpc) is 2.66. The van der Waals surface area contributed by atoms with Crippen molar-refractivity contribution in [2.45, 2.75) is 19.8 Å². The van der Waals surface area contributed by atoms with Gasteiger partial charge in [0.1, 0.15) is 0 Å². The number of nitrogens with zero attached hydrogens (tertiary/aromatic N) is 2. The monoisotopic (exact) mass is 229 g/mol. The summed E-state index contributed by atoms with van der Waals surface area (Å²) in [6.07, 6.45) is 4.11. The molecule has 0 bridgehead atoms. The second kappa shape index (κ2) is 5.93. The molecule has 0 saturated heterocycles. The highest BCUT2D eigenvalue weighted by Gasteiger charge is 2.04. The molecule has 1 aromatic rings. The van der Waals surface area contributed by atoms with Crippen LogP contribution in [0.3, 0.4) is 0 Å². The summed E-state index contributed by atoms with van der Waals surface area (Å²) in [7, 11) is 2.00. The first-order chi connectivity index (χ1) is 6.74. The van der Waals surface area contributed by atoms with Crippen LogP contribution < -0.4 is 5.32 Å². The lowest BCUT2D eigenvalue weighted by molar-refractivity contribution is 0.491. The molecule has 0 aliphatic carbocycles. The van der Waals surface area contributed by atoms with Crippen molar-refractivity contribution in [3.8, 4) is 0 Å². The molecule has 0 aliphatic rings. The Bertz CT molecular complexity index is 272. The van der Waals surface area contributed by atoms with Crippen molar-refractivity contribution in [3.63, 3.8) is 0 Å². The van der Waals surface area contributed by atoms with Crippen molar-refractivity contribution >= 4 is 33.8 Å². The first-order valence-corrected chi connectivity index (χ1v) is 5.94. The van der Waals surface area contributed by atoms with Crippen molar-refractivity contribution in [3.05, 3.63) is 11.6 Å². The molecule has 1 aromatic heterocycles. The summed E-state index contributed by atoms with van der Waals surface area (Å²) in [5.41, 5.74) is 0. The lowest BCUT2D eigenvalue weighted by Gasteiger charge is -2.19. The van der Waals surface area contributed by atoms with Crippen molar-refractivity contribution in [2.24, 2.45) is 0 Å². The Morgan fingerprint density at radius 2 is 2.50 bits per heavy atom. The quantitative estimate of drug-likeness (QED) is 0.803. The Morgan fingerprint density at radius 1 is 1.71 bits per heavy atom. The van der Waals surface area contributed by atoms with Crippen molar-refractivity contribution < 1.29 is 0 Å². The molecule has 14 heavy (non-hydrogen) atoms. The predicted octanol–water partition coefficient (Wildman–Crippen LogP) is 2.57. The molecular formula is C9H15N3S2. The van der Waals surface area contributed by atoms with Gasteiger partial charge in [0, 0.05) is 25.2 Å². The number of unbranched alkanes of at least 4 members (excludes halogenated alkanes) is 1. The van der Waals surface area contributed by atoms with Gasteiger partial charge in [0.15, 0.2) is 10.2 Å². The van der Waals surface area contributed by atoms with E-state index in [0.29, 0.717) is 0 Å². The minimum atomic E-state index is 0.744. The van der Waals surface area contributed by atoms with Gasteiger partial charge in [-0.1, -0.05) is 13.3 Å². The molecule has 0 atom stereocenters. The molecule has 1 N–H and O–H groups in total. The van der Waals surface area contributed by atoms with Crippen molar-refractivity contribution in [1.82, 2.24) is 9.88 Å². The number of rotatable bonds is 4. The topological polar surface area (TPSA) is 28.2 Å². The third kappa shape index (κ3) is 3.59. The normalized spacial score (nSPS) is 9.86. The van der Waals surface area contributed by atoms with Gasteiger partial charge in [-0.2, -0.15) is 0 Å². The van der Waals surface area contributed by atoms with Gasteiger partial charge in [-0.05, 0) is 18.6 Å². The molecule has 3 nitrogen and oxygen atoms in total. The van der Waals surface area contributed by atoms with Crippen LogP contribution in [0.25, 0.3) is 0 Å². The SMILES string of the molecule is CCCCN(C)C(=S)Nc1nccs1. The summed E-state index contributed by atoms with van der Waals surface area (Å²) in [5.74, 6) is 0. The standard InChI is InChI=1S/C9H15N3S2/c1-3-4-6-12(2)9(13)11-8-10-5-7-14-8/h5,7H,3-4,6H2,1-2H3,(H,10,11,13). The van der Waals surface area contributed by atoms with Crippen LogP contribution >= 0.6 is 23.6 Å². The molecule has 0 fully saturated rings. The van der Waals surface area contributed by atoms with Gasteiger partial charge >= 0.3 is 0 Å². The van der Waals surface area contributed by atoms with E-state index in [0.717, 1.165) is 23.2 Å². The van der Waals surface area contributed by atoms with E-state index in [1.165, 1.54) is 6.42 Å². The lowest BCUT2D eigenvalue weighted by atomic mass is 10.3. The van der Waals surface area contributed by atoms with Gasteiger partial charge in [0.2, 0.25) is 0 Å². The molecule has 0 amide bonds. The zero-order valence-electron chi connectivity index (χ0n) is 8.49. The maximum Gasteiger partial charge on any atom is 0.188 e. The van der Waals surface area contributed by atoms with Gasteiger partial charge in [-0.3, -0.25) is 0 Å². The summed E-state index contributed by atoms with van der Waals surface area (Å²) in [6.45, 7) is 3.17. The summed E-state index contributed by atoms with van der Waals surface area (Å²) in [6, 6.07) is 0. The number of thiazole rings is 1. The summed E-state index contributed by atoms with van der Waals surface area (Å²) >= 11 is 6.78. The van der Waals surface area contributed by atoms with Crippen molar-refractivity contribution in [1.29, 1.82) is 0 Å². The number of aromatic nitrogens is 1. The molecule has 1 rings (SSSR count). The Hall–Kier alpha value is -0.680. The third-order valence-corrected chi connectivity index (χ3v) is 2.94. The fraction of sp³-hybridized carbons (Fsp3) is 0.556. The number of hydrogen-bond acceptors (Lipinski definition) is 3. The van der Waals surface area contributed by atoms with Gasteiger partial charge in [-0.25, -0.2) is 4.98 Å². The molecular weight excluding hydrogens is 214 g/mol. The minimum absolute atomic E-state index is 0.744. The highest BCUT2D eigenvalue weighted by Crippen LogP contribution is 2.10. The zero-order valence-corrected chi connectivity index (χ0v) is 10.1. The average molecular weight is 229 g/mol. The van der Waals surface area contributed by atoms with E-state index < -0.39 is 0 Å². The smallest absolute Gasteiger partial charge is 0.188 e. The highest BCUT2D eigenvalue weighted by atomic mass is 32.1. The molecule has 0 aromatic carbocycles. The van der Waals surface area contributed by atoms with E-state index in [4.69, 9.17) is 12.2 Å². The fourth-order valence-electron chi connectivity index (χ4n) is 0.969. The number of thiocarbonyl (C=S) groups is 1. The van der Waals surface area contributed by atoms with Crippen LogP contribution in [0.5, 0.6) is 0 Å². The van der Waals surface area contributed by atoms with Crippen LogP contribution in [0.1, 0.15) is 19.8 Å². The maximum atomic E-state index is 5.22. The second-order valence-corrected chi connectivity index (χ2v) is 4.32. The first-order valence-electron chi connectivity index (χ1n) is 4.65. The van der Waals surface area contributed by atoms with Crippen LogP contribution in [0.2, 0.25) is 0 Å². The Morgan fingerprint density at radius 3 is 3.07 bits per heavy atom. The van der Waals surface area contributed by atoms with E-state index in [-0.39, 0.29) is 0 Å². The Balaban J connectivity index is 2.34. The maximum absolute atomic E-state index is 5.22. The van der Waals surface area contributed by atoms with E-state index >= 15 is 0 Å². The number of anilines is 1. The van der Waals surface area contributed by atoms with Crippen LogP contribution in [0.4, 0.5) is 5.13 Å². The highest BCUT2D eigenvalue weighted by molar-refractivity contribution is 7.80. The largest absolute Gasteiger partial charge is 0.352 e. The summed E-state index contributed by atoms with van der Waals surface area (Å²) < 4.78 is 0. The predicted molar refractivity (Wildman–Crippen MR) is 65.9 cm³/mol.